The summed E-state index contributed by atoms with van der Waals surface area (Å²) < 4.78 is 26.2. The van der Waals surface area contributed by atoms with Crippen LogP contribution in [0, 0.1) is 11.3 Å². The van der Waals surface area contributed by atoms with Gasteiger partial charge in [-0.2, -0.15) is 5.26 Å². The molecule has 0 amide bonds. The molecule has 1 aromatic carbocycles. The van der Waals surface area contributed by atoms with E-state index in [-0.39, 0.29) is 10.7 Å². The number of nitriles is 1. The molecule has 2 N–H and O–H groups in total. The number of nitrogens with zero attached hydrogens (tertiary/aromatic N) is 2. The second-order valence-electron chi connectivity index (χ2n) is 3.93. The molecule has 0 aliphatic carbocycles. The van der Waals surface area contributed by atoms with Crippen molar-refractivity contribution >= 4 is 42.7 Å². The van der Waals surface area contributed by atoms with Gasteiger partial charge in [-0.3, -0.25) is 4.72 Å². The number of anilines is 1. The Hall–Kier alpha value is -2.18. The van der Waals surface area contributed by atoms with E-state index in [1.165, 1.54) is 25.1 Å². The van der Waals surface area contributed by atoms with Crippen LogP contribution in [0.5, 0.6) is 0 Å². The highest BCUT2D eigenvalue weighted by Crippen LogP contribution is 2.27. The van der Waals surface area contributed by atoms with Gasteiger partial charge < -0.3 is 5.11 Å². The molecule has 2 rings (SSSR count). The molecule has 1 aromatic heterocycles. The summed E-state index contributed by atoms with van der Waals surface area (Å²) in [6.45, 7) is 1.26. The normalized spacial score (nSPS) is 12.8. The lowest BCUT2D eigenvalue weighted by molar-refractivity contribution is 0.0697. The summed E-state index contributed by atoms with van der Waals surface area (Å²) in [6.07, 6.45) is 0. The lowest BCUT2D eigenvalue weighted by Gasteiger charge is -2.05. The smallest absolute Gasteiger partial charge is 0.335 e. The molecule has 0 radical (unpaired) electrons. The monoisotopic (exact) mass is 311 g/mol. The third-order valence-corrected chi connectivity index (χ3v) is 5.09. The number of aromatic carboxylic acids is 1. The van der Waals surface area contributed by atoms with Gasteiger partial charge in [0.05, 0.1) is 21.8 Å². The van der Waals surface area contributed by atoms with E-state index in [0.717, 1.165) is 11.3 Å². The Labute approximate surface area is 118 Å². The van der Waals surface area contributed by atoms with Crippen LogP contribution < -0.4 is 4.72 Å². The molecule has 104 valence electrons. The van der Waals surface area contributed by atoms with Crippen molar-refractivity contribution in [1.82, 2.24) is 4.98 Å². The Morgan fingerprint density at radius 3 is 2.85 bits per heavy atom. The maximum atomic E-state index is 11.7. The molecule has 0 aliphatic heterocycles. The van der Waals surface area contributed by atoms with Crippen LogP contribution in [0.15, 0.2) is 18.2 Å². The van der Waals surface area contributed by atoms with Crippen LogP contribution >= 0.6 is 11.3 Å². The van der Waals surface area contributed by atoms with E-state index in [9.17, 15) is 13.2 Å². The zero-order chi connectivity index (χ0) is 14.9. The van der Waals surface area contributed by atoms with Gasteiger partial charge >= 0.3 is 5.97 Å². The first-order valence-corrected chi connectivity index (χ1v) is 7.75. The first kappa shape index (κ1) is 14.2. The van der Waals surface area contributed by atoms with E-state index < -0.39 is 21.2 Å². The number of carboxylic acids is 1. The lowest BCUT2D eigenvalue weighted by atomic mass is 10.2. The topological polar surface area (TPSA) is 120 Å². The van der Waals surface area contributed by atoms with Crippen LogP contribution in [0.4, 0.5) is 5.13 Å². The fourth-order valence-electron chi connectivity index (χ4n) is 1.38. The maximum absolute atomic E-state index is 11.7. The van der Waals surface area contributed by atoms with E-state index in [2.05, 4.69) is 9.71 Å². The van der Waals surface area contributed by atoms with Crippen molar-refractivity contribution < 1.29 is 18.3 Å². The van der Waals surface area contributed by atoms with Gasteiger partial charge in [0.1, 0.15) is 0 Å². The van der Waals surface area contributed by atoms with Crippen LogP contribution in [-0.4, -0.2) is 29.7 Å². The summed E-state index contributed by atoms with van der Waals surface area (Å²) in [7, 11) is -3.82. The third-order valence-electron chi connectivity index (χ3n) is 2.51. The average molecular weight is 311 g/mol. The molecule has 1 atom stereocenters. The number of hydrogen-bond acceptors (Lipinski definition) is 6. The largest absolute Gasteiger partial charge is 0.478 e. The molecule has 7 nitrogen and oxygen atoms in total. The number of carbonyl (C=O) groups is 1. The van der Waals surface area contributed by atoms with Gasteiger partial charge in [-0.25, -0.2) is 18.2 Å². The Morgan fingerprint density at radius 1 is 1.55 bits per heavy atom. The van der Waals surface area contributed by atoms with E-state index >= 15 is 0 Å². The number of thiazole rings is 1. The van der Waals surface area contributed by atoms with Crippen LogP contribution in [-0.2, 0) is 10.0 Å². The predicted octanol–water partition coefficient (Wildman–Crippen LogP) is 1.65. The van der Waals surface area contributed by atoms with Gasteiger partial charge in [0.25, 0.3) is 10.0 Å². The first-order chi connectivity index (χ1) is 9.33. The van der Waals surface area contributed by atoms with E-state index in [4.69, 9.17) is 10.4 Å². The number of hydrogen-bond donors (Lipinski definition) is 2. The van der Waals surface area contributed by atoms with Crippen LogP contribution in [0.25, 0.3) is 10.2 Å². The molecule has 0 bridgehead atoms. The van der Waals surface area contributed by atoms with Crippen LogP contribution in [0.3, 0.4) is 0 Å². The lowest BCUT2D eigenvalue weighted by Crippen LogP contribution is -2.23. The minimum absolute atomic E-state index is 0.0981. The highest BCUT2D eigenvalue weighted by Gasteiger charge is 2.21. The Kier molecular flexibility index (Phi) is 3.61. The van der Waals surface area contributed by atoms with Crippen molar-refractivity contribution in [2.24, 2.45) is 0 Å². The zero-order valence-electron chi connectivity index (χ0n) is 10.2. The van der Waals surface area contributed by atoms with Gasteiger partial charge in [0.2, 0.25) is 0 Å². The van der Waals surface area contributed by atoms with Crippen molar-refractivity contribution in [3.63, 3.8) is 0 Å². The fourth-order valence-corrected chi connectivity index (χ4v) is 3.26. The summed E-state index contributed by atoms with van der Waals surface area (Å²) in [5.41, 5.74) is 0.586. The first-order valence-electron chi connectivity index (χ1n) is 5.38. The second-order valence-corrected chi connectivity index (χ2v) is 6.96. The summed E-state index contributed by atoms with van der Waals surface area (Å²) >= 11 is 1.01. The molecule has 1 heterocycles. The highest BCUT2D eigenvalue weighted by atomic mass is 32.2. The zero-order valence-corrected chi connectivity index (χ0v) is 11.8. The van der Waals surface area contributed by atoms with Gasteiger partial charge in [-0.05, 0) is 25.1 Å². The number of nitrogens with one attached hydrogen (secondary N) is 1. The van der Waals surface area contributed by atoms with Gasteiger partial charge in [-0.1, -0.05) is 11.3 Å². The second kappa shape index (κ2) is 5.07. The van der Waals surface area contributed by atoms with Crippen LogP contribution in [0.2, 0.25) is 0 Å². The molecular weight excluding hydrogens is 302 g/mol. The third kappa shape index (κ3) is 2.71. The number of carboxylic acid groups (broad SMARTS) is 1. The van der Waals surface area contributed by atoms with Crippen molar-refractivity contribution in [3.8, 4) is 6.07 Å². The summed E-state index contributed by atoms with van der Waals surface area (Å²) in [5.74, 6) is -1.07. The standard InChI is InChI=1S/C11H9N3O4S2/c1-6(5-12)20(17,18)14-11-13-8-3-2-7(10(15)16)4-9(8)19-11/h2-4,6H,1H3,(H,13,14)(H,15,16). The summed E-state index contributed by atoms with van der Waals surface area (Å²) in [6, 6.07) is 5.94. The number of aromatic nitrogens is 1. The van der Waals surface area contributed by atoms with Crippen molar-refractivity contribution in [2.75, 3.05) is 4.72 Å². The van der Waals surface area contributed by atoms with E-state index in [1.807, 2.05) is 0 Å². The number of rotatable bonds is 4. The molecule has 0 spiro atoms. The van der Waals surface area contributed by atoms with Crippen molar-refractivity contribution in [1.29, 1.82) is 5.26 Å². The minimum Gasteiger partial charge on any atom is -0.478 e. The molecule has 0 saturated carbocycles. The van der Waals surface area contributed by atoms with Gasteiger partial charge in [-0.15, -0.1) is 0 Å². The number of sulfonamides is 1. The quantitative estimate of drug-likeness (QED) is 0.885. The summed E-state index contributed by atoms with van der Waals surface area (Å²) in [4.78, 5) is 14.9. The predicted molar refractivity (Wildman–Crippen MR) is 74.2 cm³/mol. The van der Waals surface area contributed by atoms with Crippen LogP contribution in [0.1, 0.15) is 17.3 Å². The molecule has 0 saturated heterocycles. The molecule has 0 aliphatic rings. The Morgan fingerprint density at radius 2 is 2.25 bits per heavy atom. The highest BCUT2D eigenvalue weighted by molar-refractivity contribution is 7.93. The Balaban J connectivity index is 2.38. The maximum Gasteiger partial charge on any atom is 0.335 e. The molecule has 1 unspecified atom stereocenters. The minimum atomic E-state index is -3.82. The molecule has 9 heteroatoms. The van der Waals surface area contributed by atoms with E-state index in [0.29, 0.717) is 10.2 Å². The van der Waals surface area contributed by atoms with Crippen molar-refractivity contribution in [3.05, 3.63) is 23.8 Å². The van der Waals surface area contributed by atoms with E-state index in [1.54, 1.807) is 6.07 Å². The van der Waals surface area contributed by atoms with Gasteiger partial charge in [0.15, 0.2) is 10.4 Å². The molecular formula is C11H9N3O4S2. The number of fused-ring (bicyclic) bond motifs is 1. The molecule has 0 fully saturated rings. The fraction of sp³-hybridized carbons (Fsp3) is 0.182. The van der Waals surface area contributed by atoms with Gasteiger partial charge in [0, 0.05) is 0 Å². The molecule has 20 heavy (non-hydrogen) atoms. The Bertz CT molecular complexity index is 820. The SMILES string of the molecule is CC(C#N)S(=O)(=O)Nc1nc2ccc(C(=O)O)cc2s1. The average Bonchev–Trinajstić information content (AvgIpc) is 2.77. The number of benzene rings is 1. The summed E-state index contributed by atoms with van der Waals surface area (Å²) in [5, 5.41) is 16.4. The molecule has 2 aromatic rings. The van der Waals surface area contributed by atoms with Crippen molar-refractivity contribution in [2.45, 2.75) is 12.2 Å².